The summed E-state index contributed by atoms with van der Waals surface area (Å²) < 4.78 is 7.13. The molecule has 1 unspecified atom stereocenters. The Morgan fingerprint density at radius 1 is 1.58 bits per heavy atom. The van der Waals surface area contributed by atoms with Crippen LogP contribution < -0.4 is 0 Å². The fourth-order valence-corrected chi connectivity index (χ4v) is 1.18. The topological polar surface area (TPSA) is 27.1 Å². The molecule has 0 saturated carbocycles. The summed E-state index contributed by atoms with van der Waals surface area (Å²) in [5.74, 6) is 0. The molecule has 0 aromatic carbocycles. The lowest BCUT2D eigenvalue weighted by Crippen LogP contribution is -2.16. The summed E-state index contributed by atoms with van der Waals surface area (Å²) in [5, 5.41) is 4.33. The number of aryl methyl sites for hydroxylation is 2. The highest BCUT2D eigenvalue weighted by atomic mass is 16.5. The van der Waals surface area contributed by atoms with E-state index in [9.17, 15) is 0 Å². The molecule has 0 radical (unpaired) electrons. The van der Waals surface area contributed by atoms with Crippen LogP contribution in [0.15, 0.2) is 6.07 Å². The smallest absolute Gasteiger partial charge is 0.0739 e. The molecule has 1 atom stereocenters. The second-order valence-electron chi connectivity index (χ2n) is 3.16. The highest BCUT2D eigenvalue weighted by Gasteiger charge is 2.04. The number of aromatic nitrogens is 2. The molecule has 3 heteroatoms. The largest absolute Gasteiger partial charge is 0.380 e. The molecule has 0 spiro atoms. The summed E-state index contributed by atoms with van der Waals surface area (Å²) in [6.45, 7) is 6.93. The van der Waals surface area contributed by atoms with Gasteiger partial charge >= 0.3 is 0 Å². The third kappa shape index (κ3) is 2.08. The van der Waals surface area contributed by atoms with Crippen LogP contribution in [0, 0.1) is 13.8 Å². The predicted octanol–water partition coefficient (Wildman–Crippen LogP) is 1.53. The first-order valence-corrected chi connectivity index (χ1v) is 4.17. The van der Waals surface area contributed by atoms with Crippen molar-refractivity contribution in [1.29, 1.82) is 0 Å². The van der Waals surface area contributed by atoms with E-state index in [0.717, 1.165) is 12.2 Å². The zero-order valence-corrected chi connectivity index (χ0v) is 8.16. The van der Waals surface area contributed by atoms with Gasteiger partial charge in [0.1, 0.15) is 0 Å². The van der Waals surface area contributed by atoms with Gasteiger partial charge in [-0.2, -0.15) is 5.10 Å². The molecule has 0 amide bonds. The minimum Gasteiger partial charge on any atom is -0.380 e. The van der Waals surface area contributed by atoms with Crippen LogP contribution in [-0.4, -0.2) is 23.0 Å². The Morgan fingerprint density at radius 2 is 2.25 bits per heavy atom. The van der Waals surface area contributed by atoms with Gasteiger partial charge < -0.3 is 4.74 Å². The zero-order chi connectivity index (χ0) is 9.14. The normalized spacial score (nSPS) is 13.3. The Morgan fingerprint density at radius 3 is 2.67 bits per heavy atom. The first kappa shape index (κ1) is 9.26. The Balaban J connectivity index is 2.68. The summed E-state index contributed by atoms with van der Waals surface area (Å²) in [6, 6.07) is 2.07. The summed E-state index contributed by atoms with van der Waals surface area (Å²) in [5.41, 5.74) is 2.26. The van der Waals surface area contributed by atoms with Crippen molar-refractivity contribution in [3.63, 3.8) is 0 Å². The van der Waals surface area contributed by atoms with Crippen LogP contribution in [0.25, 0.3) is 0 Å². The number of hydrogen-bond donors (Lipinski definition) is 0. The van der Waals surface area contributed by atoms with Crippen LogP contribution in [-0.2, 0) is 11.3 Å². The summed E-state index contributed by atoms with van der Waals surface area (Å²) in [4.78, 5) is 0. The van der Waals surface area contributed by atoms with Crippen LogP contribution in [0.3, 0.4) is 0 Å². The van der Waals surface area contributed by atoms with Crippen molar-refractivity contribution in [2.24, 2.45) is 0 Å². The Labute approximate surface area is 73.3 Å². The van der Waals surface area contributed by atoms with Crippen LogP contribution in [0.1, 0.15) is 18.3 Å². The summed E-state index contributed by atoms with van der Waals surface area (Å²) >= 11 is 0. The van der Waals surface area contributed by atoms with E-state index < -0.39 is 0 Å². The second-order valence-corrected chi connectivity index (χ2v) is 3.16. The molecule has 1 aromatic heterocycles. The fraction of sp³-hybridized carbons (Fsp3) is 0.667. The van der Waals surface area contributed by atoms with Gasteiger partial charge in [-0.25, -0.2) is 0 Å². The van der Waals surface area contributed by atoms with Gasteiger partial charge in [-0.3, -0.25) is 4.68 Å². The van der Waals surface area contributed by atoms with E-state index in [-0.39, 0.29) is 6.10 Å². The average Bonchev–Trinajstić information content (AvgIpc) is 2.30. The van der Waals surface area contributed by atoms with Gasteiger partial charge in [-0.1, -0.05) is 0 Å². The molecule has 0 bridgehead atoms. The second kappa shape index (κ2) is 3.72. The molecule has 1 rings (SSSR count). The van der Waals surface area contributed by atoms with Crippen LogP contribution >= 0.6 is 0 Å². The summed E-state index contributed by atoms with van der Waals surface area (Å²) in [7, 11) is 1.72. The van der Waals surface area contributed by atoms with Crippen LogP contribution in [0.2, 0.25) is 0 Å². The van der Waals surface area contributed by atoms with Gasteiger partial charge in [-0.05, 0) is 26.8 Å². The first-order valence-electron chi connectivity index (χ1n) is 4.17. The number of nitrogens with zero attached hydrogens (tertiary/aromatic N) is 2. The van der Waals surface area contributed by atoms with Crippen molar-refractivity contribution in [2.75, 3.05) is 7.11 Å². The number of rotatable bonds is 3. The number of ether oxygens (including phenoxy) is 1. The lowest BCUT2D eigenvalue weighted by atomic mass is 10.4. The Bertz CT molecular complexity index is 255. The van der Waals surface area contributed by atoms with Crippen molar-refractivity contribution >= 4 is 0 Å². The number of hydrogen-bond acceptors (Lipinski definition) is 2. The van der Waals surface area contributed by atoms with Gasteiger partial charge in [-0.15, -0.1) is 0 Å². The highest BCUT2D eigenvalue weighted by molar-refractivity contribution is 5.06. The third-order valence-electron chi connectivity index (χ3n) is 1.94. The molecule has 12 heavy (non-hydrogen) atoms. The van der Waals surface area contributed by atoms with Gasteiger partial charge in [0, 0.05) is 12.8 Å². The Hall–Kier alpha value is -0.830. The predicted molar refractivity (Wildman–Crippen MR) is 48.2 cm³/mol. The standard InChI is InChI=1S/C9H16N2O/c1-7-5-8(2)11(10-7)6-9(3)12-4/h5,9H,6H2,1-4H3. The fourth-order valence-electron chi connectivity index (χ4n) is 1.18. The molecule has 1 heterocycles. The zero-order valence-electron chi connectivity index (χ0n) is 8.16. The van der Waals surface area contributed by atoms with E-state index in [2.05, 4.69) is 18.1 Å². The van der Waals surface area contributed by atoms with Crippen molar-refractivity contribution < 1.29 is 4.74 Å². The van der Waals surface area contributed by atoms with E-state index >= 15 is 0 Å². The maximum Gasteiger partial charge on any atom is 0.0739 e. The molecule has 0 fully saturated rings. The molecular weight excluding hydrogens is 152 g/mol. The molecule has 68 valence electrons. The minimum absolute atomic E-state index is 0.225. The molecular formula is C9H16N2O. The molecule has 0 saturated heterocycles. The van der Waals surface area contributed by atoms with Crippen LogP contribution in [0.5, 0.6) is 0 Å². The van der Waals surface area contributed by atoms with Gasteiger partial charge in [0.25, 0.3) is 0 Å². The van der Waals surface area contributed by atoms with Gasteiger partial charge in [0.15, 0.2) is 0 Å². The van der Waals surface area contributed by atoms with Crippen molar-refractivity contribution in [2.45, 2.75) is 33.4 Å². The Kier molecular flexibility index (Phi) is 2.87. The molecule has 0 N–H and O–H groups in total. The van der Waals surface area contributed by atoms with E-state index in [0.29, 0.717) is 0 Å². The van der Waals surface area contributed by atoms with E-state index in [1.165, 1.54) is 5.69 Å². The number of methoxy groups -OCH3 is 1. The molecule has 0 aliphatic carbocycles. The lowest BCUT2D eigenvalue weighted by Gasteiger charge is -2.10. The van der Waals surface area contributed by atoms with Crippen molar-refractivity contribution in [1.82, 2.24) is 9.78 Å². The monoisotopic (exact) mass is 168 g/mol. The highest BCUT2D eigenvalue weighted by Crippen LogP contribution is 2.03. The molecule has 0 aliphatic rings. The van der Waals surface area contributed by atoms with Gasteiger partial charge in [0.2, 0.25) is 0 Å². The SMILES string of the molecule is COC(C)Cn1nc(C)cc1C. The average molecular weight is 168 g/mol. The molecule has 3 nitrogen and oxygen atoms in total. The van der Waals surface area contributed by atoms with Crippen molar-refractivity contribution in [3.05, 3.63) is 17.5 Å². The van der Waals surface area contributed by atoms with E-state index in [1.807, 2.05) is 18.5 Å². The minimum atomic E-state index is 0.225. The first-order chi connectivity index (χ1) is 5.63. The maximum atomic E-state index is 5.16. The van der Waals surface area contributed by atoms with Gasteiger partial charge in [0.05, 0.1) is 18.3 Å². The molecule has 1 aromatic rings. The maximum absolute atomic E-state index is 5.16. The third-order valence-corrected chi connectivity index (χ3v) is 1.94. The van der Waals surface area contributed by atoms with Crippen LogP contribution in [0.4, 0.5) is 0 Å². The van der Waals surface area contributed by atoms with E-state index in [4.69, 9.17) is 4.74 Å². The summed E-state index contributed by atoms with van der Waals surface area (Å²) in [6.07, 6.45) is 0.225. The lowest BCUT2D eigenvalue weighted by molar-refractivity contribution is 0.0991. The van der Waals surface area contributed by atoms with Crippen molar-refractivity contribution in [3.8, 4) is 0 Å². The quantitative estimate of drug-likeness (QED) is 0.684. The molecule has 0 aliphatic heterocycles. The van der Waals surface area contributed by atoms with E-state index in [1.54, 1.807) is 7.11 Å².